The van der Waals surface area contributed by atoms with Gasteiger partial charge in [-0.25, -0.2) is 0 Å². The lowest BCUT2D eigenvalue weighted by Crippen LogP contribution is -1.96. The van der Waals surface area contributed by atoms with E-state index in [1.807, 2.05) is 37.3 Å². The summed E-state index contributed by atoms with van der Waals surface area (Å²) < 4.78 is 5.82. The van der Waals surface area contributed by atoms with Crippen LogP contribution in [-0.2, 0) is 6.54 Å². The molecule has 0 aliphatic rings. The quantitative estimate of drug-likeness (QED) is 0.898. The molecule has 0 aliphatic carbocycles. The van der Waals surface area contributed by atoms with Crippen molar-refractivity contribution in [3.8, 4) is 11.5 Å². The van der Waals surface area contributed by atoms with Crippen molar-refractivity contribution in [2.45, 2.75) is 20.4 Å². The Morgan fingerprint density at radius 3 is 2.39 bits per heavy atom. The Kier molecular flexibility index (Phi) is 3.90. The fourth-order valence-corrected chi connectivity index (χ4v) is 2.03. The topological polar surface area (TPSA) is 35.2 Å². The summed E-state index contributed by atoms with van der Waals surface area (Å²) in [5.41, 5.74) is 8.86. The molecular weight excluding hydrogens is 246 g/mol. The molecule has 0 aliphatic heterocycles. The summed E-state index contributed by atoms with van der Waals surface area (Å²) >= 11 is 6.16. The predicted molar refractivity (Wildman–Crippen MR) is 75.3 cm³/mol. The number of halogens is 1. The van der Waals surface area contributed by atoms with Crippen molar-refractivity contribution in [1.82, 2.24) is 0 Å². The van der Waals surface area contributed by atoms with Crippen LogP contribution in [0, 0.1) is 13.8 Å². The van der Waals surface area contributed by atoms with Crippen molar-refractivity contribution in [2.24, 2.45) is 5.73 Å². The van der Waals surface area contributed by atoms with Crippen molar-refractivity contribution in [2.75, 3.05) is 0 Å². The van der Waals surface area contributed by atoms with E-state index in [-0.39, 0.29) is 0 Å². The molecule has 94 valence electrons. The SMILES string of the molecule is Cc1ccc(Oc2ccc(CN)cc2Cl)c(C)c1. The minimum Gasteiger partial charge on any atom is -0.456 e. The Balaban J connectivity index is 2.28. The number of aryl methyl sites for hydroxylation is 2. The molecule has 2 N–H and O–H groups in total. The van der Waals surface area contributed by atoms with Gasteiger partial charge in [0.2, 0.25) is 0 Å². The predicted octanol–water partition coefficient (Wildman–Crippen LogP) is 4.21. The second-order valence-corrected chi connectivity index (χ2v) is 4.75. The van der Waals surface area contributed by atoms with Crippen LogP contribution in [0.1, 0.15) is 16.7 Å². The lowest BCUT2D eigenvalue weighted by molar-refractivity contribution is 0.479. The first-order valence-electron chi connectivity index (χ1n) is 5.84. The lowest BCUT2D eigenvalue weighted by Gasteiger charge is -2.11. The molecule has 0 heterocycles. The number of hydrogen-bond donors (Lipinski definition) is 1. The summed E-state index contributed by atoms with van der Waals surface area (Å²) in [4.78, 5) is 0. The van der Waals surface area contributed by atoms with E-state index in [1.54, 1.807) is 0 Å². The van der Waals surface area contributed by atoms with Gasteiger partial charge in [-0.1, -0.05) is 35.4 Å². The Hall–Kier alpha value is -1.51. The molecule has 0 saturated carbocycles. The first-order chi connectivity index (χ1) is 8.60. The highest BCUT2D eigenvalue weighted by molar-refractivity contribution is 6.32. The van der Waals surface area contributed by atoms with Crippen LogP contribution >= 0.6 is 11.6 Å². The van der Waals surface area contributed by atoms with E-state index < -0.39 is 0 Å². The summed E-state index contributed by atoms with van der Waals surface area (Å²) in [7, 11) is 0. The highest BCUT2D eigenvalue weighted by Crippen LogP contribution is 2.31. The van der Waals surface area contributed by atoms with Gasteiger partial charge in [0.1, 0.15) is 11.5 Å². The summed E-state index contributed by atoms with van der Waals surface area (Å²) in [5.74, 6) is 1.48. The van der Waals surface area contributed by atoms with Crippen molar-refractivity contribution < 1.29 is 4.74 Å². The molecule has 3 heteroatoms. The third-order valence-electron chi connectivity index (χ3n) is 2.78. The van der Waals surface area contributed by atoms with Crippen molar-refractivity contribution >= 4 is 11.6 Å². The molecule has 0 saturated heterocycles. The Labute approximate surface area is 112 Å². The molecule has 0 fully saturated rings. The highest BCUT2D eigenvalue weighted by atomic mass is 35.5. The highest BCUT2D eigenvalue weighted by Gasteiger charge is 2.06. The van der Waals surface area contributed by atoms with Gasteiger partial charge in [-0.05, 0) is 43.2 Å². The molecule has 2 aromatic rings. The lowest BCUT2D eigenvalue weighted by atomic mass is 10.1. The van der Waals surface area contributed by atoms with E-state index in [2.05, 4.69) is 13.0 Å². The maximum absolute atomic E-state index is 6.16. The number of ether oxygens (including phenoxy) is 1. The Bertz CT molecular complexity index is 566. The van der Waals surface area contributed by atoms with Gasteiger partial charge in [-0.2, -0.15) is 0 Å². The van der Waals surface area contributed by atoms with E-state index in [9.17, 15) is 0 Å². The number of nitrogens with two attached hydrogens (primary N) is 1. The van der Waals surface area contributed by atoms with E-state index >= 15 is 0 Å². The molecule has 2 nitrogen and oxygen atoms in total. The van der Waals surface area contributed by atoms with Crippen molar-refractivity contribution in [3.05, 3.63) is 58.1 Å². The average molecular weight is 262 g/mol. The van der Waals surface area contributed by atoms with Gasteiger partial charge >= 0.3 is 0 Å². The van der Waals surface area contributed by atoms with Gasteiger partial charge in [0.05, 0.1) is 5.02 Å². The maximum atomic E-state index is 6.16. The smallest absolute Gasteiger partial charge is 0.146 e. The van der Waals surface area contributed by atoms with Crippen LogP contribution in [0.3, 0.4) is 0 Å². The van der Waals surface area contributed by atoms with Gasteiger partial charge in [0.25, 0.3) is 0 Å². The number of rotatable bonds is 3. The van der Waals surface area contributed by atoms with Gasteiger partial charge in [-0.3, -0.25) is 0 Å². The van der Waals surface area contributed by atoms with Crippen LogP contribution < -0.4 is 10.5 Å². The fraction of sp³-hybridized carbons (Fsp3) is 0.200. The van der Waals surface area contributed by atoms with Crippen molar-refractivity contribution in [1.29, 1.82) is 0 Å². The van der Waals surface area contributed by atoms with Gasteiger partial charge in [0, 0.05) is 6.54 Å². The first kappa shape index (κ1) is 12.9. The minimum atomic E-state index is 0.476. The summed E-state index contributed by atoms with van der Waals surface area (Å²) in [6, 6.07) is 11.7. The average Bonchev–Trinajstić information content (AvgIpc) is 2.34. The molecular formula is C15H16ClNO. The zero-order valence-corrected chi connectivity index (χ0v) is 11.3. The van der Waals surface area contributed by atoms with Crippen LogP contribution in [0.2, 0.25) is 5.02 Å². The minimum absolute atomic E-state index is 0.476. The van der Waals surface area contributed by atoms with Crippen molar-refractivity contribution in [3.63, 3.8) is 0 Å². The van der Waals surface area contributed by atoms with Crippen LogP contribution in [-0.4, -0.2) is 0 Å². The van der Waals surface area contributed by atoms with E-state index in [4.69, 9.17) is 22.1 Å². The van der Waals surface area contributed by atoms with Crippen LogP contribution in [0.5, 0.6) is 11.5 Å². The van der Waals surface area contributed by atoms with Gasteiger partial charge in [0.15, 0.2) is 0 Å². The van der Waals surface area contributed by atoms with Crippen LogP contribution in [0.25, 0.3) is 0 Å². The maximum Gasteiger partial charge on any atom is 0.146 e. The summed E-state index contributed by atoms with van der Waals surface area (Å²) in [5, 5.41) is 0.581. The normalized spacial score (nSPS) is 10.4. The second-order valence-electron chi connectivity index (χ2n) is 4.34. The number of benzene rings is 2. The first-order valence-corrected chi connectivity index (χ1v) is 6.21. The molecule has 0 unspecified atom stereocenters. The standard InChI is InChI=1S/C15H16ClNO/c1-10-3-5-14(11(2)7-10)18-15-6-4-12(9-17)8-13(15)16/h3-8H,9,17H2,1-2H3. The summed E-state index contributed by atoms with van der Waals surface area (Å²) in [6.45, 7) is 4.55. The van der Waals surface area contributed by atoms with Crippen LogP contribution in [0.4, 0.5) is 0 Å². The zero-order chi connectivity index (χ0) is 13.1. The molecule has 0 aromatic heterocycles. The zero-order valence-electron chi connectivity index (χ0n) is 10.5. The van der Waals surface area contributed by atoms with E-state index in [1.165, 1.54) is 5.56 Å². The molecule has 0 atom stereocenters. The molecule has 0 spiro atoms. The molecule has 0 amide bonds. The monoisotopic (exact) mass is 261 g/mol. The van der Waals surface area contributed by atoms with E-state index in [0.717, 1.165) is 16.9 Å². The Morgan fingerprint density at radius 2 is 1.78 bits per heavy atom. The van der Waals surface area contributed by atoms with Crippen LogP contribution in [0.15, 0.2) is 36.4 Å². The molecule has 0 radical (unpaired) electrons. The number of hydrogen-bond acceptors (Lipinski definition) is 2. The van der Waals surface area contributed by atoms with Gasteiger partial charge < -0.3 is 10.5 Å². The van der Waals surface area contributed by atoms with Gasteiger partial charge in [-0.15, -0.1) is 0 Å². The second kappa shape index (κ2) is 5.42. The third-order valence-corrected chi connectivity index (χ3v) is 3.08. The molecule has 2 aromatic carbocycles. The fourth-order valence-electron chi connectivity index (χ4n) is 1.79. The molecule has 0 bridgehead atoms. The van der Waals surface area contributed by atoms with E-state index in [0.29, 0.717) is 17.3 Å². The summed E-state index contributed by atoms with van der Waals surface area (Å²) in [6.07, 6.45) is 0. The largest absolute Gasteiger partial charge is 0.456 e. The Morgan fingerprint density at radius 1 is 1.06 bits per heavy atom. The molecule has 2 rings (SSSR count). The molecule has 18 heavy (non-hydrogen) atoms. The third kappa shape index (κ3) is 2.84.